The van der Waals surface area contributed by atoms with Crippen LogP contribution in [-0.4, -0.2) is 28.2 Å². The van der Waals surface area contributed by atoms with Gasteiger partial charge in [0.05, 0.1) is 10.5 Å². The van der Waals surface area contributed by atoms with Crippen molar-refractivity contribution in [2.24, 2.45) is 5.92 Å². The van der Waals surface area contributed by atoms with Crippen LogP contribution in [0, 0.1) is 16.0 Å². The zero-order chi connectivity index (χ0) is 13.4. The maximum atomic E-state index is 12.1. The molecule has 6 nitrogen and oxygen atoms in total. The van der Waals surface area contributed by atoms with Crippen LogP contribution in [0.15, 0.2) is 18.2 Å². The van der Waals surface area contributed by atoms with E-state index in [4.69, 9.17) is 0 Å². The van der Waals surface area contributed by atoms with E-state index < -0.39 is 16.7 Å². The summed E-state index contributed by atoms with van der Waals surface area (Å²) in [6.07, 6.45) is 0. The summed E-state index contributed by atoms with van der Waals surface area (Å²) in [5.41, 5.74) is -0.278. The topological polar surface area (TPSA) is 80.5 Å². The first-order valence-electron chi connectivity index (χ1n) is 5.57. The molecule has 1 heterocycles. The molecule has 0 aromatic heterocycles. The van der Waals surface area contributed by atoms with Crippen LogP contribution in [-0.2, 0) is 0 Å². The number of fused-ring (bicyclic) bond motifs is 1. The molecule has 0 spiro atoms. The van der Waals surface area contributed by atoms with Crippen LogP contribution in [0.3, 0.4) is 0 Å². The summed E-state index contributed by atoms with van der Waals surface area (Å²) in [6.45, 7) is 4.01. The van der Waals surface area contributed by atoms with Crippen molar-refractivity contribution in [1.82, 2.24) is 4.90 Å². The molecule has 0 saturated carbocycles. The van der Waals surface area contributed by atoms with Gasteiger partial charge >= 0.3 is 0 Å². The molecule has 0 aliphatic carbocycles. The van der Waals surface area contributed by atoms with Crippen molar-refractivity contribution >= 4 is 17.5 Å². The smallest absolute Gasteiger partial charge is 0.274 e. The first-order valence-corrected chi connectivity index (χ1v) is 5.57. The van der Waals surface area contributed by atoms with Crippen molar-refractivity contribution in [2.75, 3.05) is 6.54 Å². The number of carbonyl (C=O) groups is 2. The lowest BCUT2D eigenvalue weighted by atomic mass is 10.1. The summed E-state index contributed by atoms with van der Waals surface area (Å²) in [5.74, 6) is -0.908. The van der Waals surface area contributed by atoms with Crippen LogP contribution in [0.2, 0.25) is 0 Å². The number of hydrogen-bond acceptors (Lipinski definition) is 4. The summed E-state index contributed by atoms with van der Waals surface area (Å²) >= 11 is 0. The number of nitrogens with zero attached hydrogens (tertiary/aromatic N) is 2. The lowest BCUT2D eigenvalue weighted by Crippen LogP contribution is -2.33. The Labute approximate surface area is 103 Å². The summed E-state index contributed by atoms with van der Waals surface area (Å²) in [6, 6.07) is 4.10. The maximum absolute atomic E-state index is 12.1. The third kappa shape index (κ3) is 1.75. The Balaban J connectivity index is 2.52. The van der Waals surface area contributed by atoms with Gasteiger partial charge in [-0.3, -0.25) is 24.6 Å². The van der Waals surface area contributed by atoms with E-state index in [1.165, 1.54) is 18.2 Å². The molecular formula is C12H12N2O4. The monoisotopic (exact) mass is 248 g/mol. The van der Waals surface area contributed by atoms with E-state index in [2.05, 4.69) is 0 Å². The van der Waals surface area contributed by atoms with Gasteiger partial charge in [0, 0.05) is 12.6 Å². The van der Waals surface area contributed by atoms with Gasteiger partial charge in [-0.2, -0.15) is 0 Å². The summed E-state index contributed by atoms with van der Waals surface area (Å²) < 4.78 is 0. The highest BCUT2D eigenvalue weighted by molar-refractivity contribution is 6.23. The molecule has 1 aliphatic rings. The van der Waals surface area contributed by atoms with Gasteiger partial charge in [-0.1, -0.05) is 19.9 Å². The molecule has 6 heteroatoms. The van der Waals surface area contributed by atoms with Gasteiger partial charge in [0.15, 0.2) is 0 Å². The predicted octanol–water partition coefficient (Wildman–Crippen LogP) is 1.85. The fourth-order valence-corrected chi connectivity index (χ4v) is 2.00. The van der Waals surface area contributed by atoms with Gasteiger partial charge < -0.3 is 0 Å². The van der Waals surface area contributed by atoms with E-state index >= 15 is 0 Å². The molecule has 0 fully saturated rings. The van der Waals surface area contributed by atoms with Gasteiger partial charge in [0.25, 0.3) is 17.5 Å². The highest BCUT2D eigenvalue weighted by Gasteiger charge is 2.40. The van der Waals surface area contributed by atoms with E-state index in [-0.39, 0.29) is 29.3 Å². The molecule has 2 amide bonds. The molecule has 18 heavy (non-hydrogen) atoms. The standard InChI is InChI=1S/C12H12N2O4/c1-7(2)6-13-11(15)8-4-3-5-9(14(17)18)10(8)12(13)16/h3-5,7H,6H2,1-2H3. The SMILES string of the molecule is CC(C)CN1C(=O)c2cccc([N+](=O)[O-])c2C1=O. The molecule has 0 radical (unpaired) electrons. The summed E-state index contributed by atoms with van der Waals surface area (Å²) in [4.78, 5) is 35.4. The van der Waals surface area contributed by atoms with Gasteiger partial charge in [-0.05, 0) is 12.0 Å². The average Bonchev–Trinajstić information content (AvgIpc) is 2.54. The predicted molar refractivity (Wildman–Crippen MR) is 63.3 cm³/mol. The summed E-state index contributed by atoms with van der Waals surface area (Å²) in [5, 5.41) is 10.9. The molecule has 2 rings (SSSR count). The number of rotatable bonds is 3. The van der Waals surface area contributed by atoms with Gasteiger partial charge in [0.2, 0.25) is 0 Å². The molecule has 0 saturated heterocycles. The first-order chi connectivity index (χ1) is 8.43. The van der Waals surface area contributed by atoms with Crippen LogP contribution in [0.5, 0.6) is 0 Å². The number of imide groups is 1. The minimum Gasteiger partial charge on any atom is -0.274 e. The van der Waals surface area contributed by atoms with E-state index in [1.807, 2.05) is 13.8 Å². The van der Waals surface area contributed by atoms with E-state index in [1.54, 1.807) is 0 Å². The second-order valence-corrected chi connectivity index (χ2v) is 4.57. The van der Waals surface area contributed by atoms with E-state index in [0.29, 0.717) is 0 Å². The van der Waals surface area contributed by atoms with Crippen LogP contribution in [0.25, 0.3) is 0 Å². The van der Waals surface area contributed by atoms with Crippen LogP contribution in [0.4, 0.5) is 5.69 Å². The Kier molecular flexibility index (Phi) is 2.86. The normalized spacial score (nSPS) is 14.3. The Hall–Kier alpha value is -2.24. The third-order valence-corrected chi connectivity index (χ3v) is 2.72. The average molecular weight is 248 g/mol. The van der Waals surface area contributed by atoms with Crippen molar-refractivity contribution in [3.8, 4) is 0 Å². The van der Waals surface area contributed by atoms with Crippen molar-refractivity contribution in [3.63, 3.8) is 0 Å². The third-order valence-electron chi connectivity index (χ3n) is 2.72. The maximum Gasteiger partial charge on any atom is 0.282 e. The van der Waals surface area contributed by atoms with Gasteiger partial charge in [-0.25, -0.2) is 0 Å². The van der Waals surface area contributed by atoms with Crippen molar-refractivity contribution in [3.05, 3.63) is 39.4 Å². The van der Waals surface area contributed by atoms with Crippen molar-refractivity contribution in [1.29, 1.82) is 0 Å². The molecule has 94 valence electrons. The lowest BCUT2D eigenvalue weighted by molar-refractivity contribution is -0.385. The molecule has 0 bridgehead atoms. The number of carbonyl (C=O) groups excluding carboxylic acids is 2. The van der Waals surface area contributed by atoms with E-state index in [9.17, 15) is 19.7 Å². The van der Waals surface area contributed by atoms with Crippen LogP contribution in [0.1, 0.15) is 34.6 Å². The number of amides is 2. The summed E-state index contributed by atoms with van der Waals surface area (Å²) in [7, 11) is 0. The Bertz CT molecular complexity index is 551. The fraction of sp³-hybridized carbons (Fsp3) is 0.333. The molecule has 1 aromatic rings. The van der Waals surface area contributed by atoms with Gasteiger partial charge in [0.1, 0.15) is 5.56 Å². The largest absolute Gasteiger partial charge is 0.282 e. The first kappa shape index (κ1) is 12.2. The highest BCUT2D eigenvalue weighted by atomic mass is 16.6. The molecule has 1 aromatic carbocycles. The second kappa shape index (κ2) is 4.21. The van der Waals surface area contributed by atoms with Crippen molar-refractivity contribution < 1.29 is 14.5 Å². The van der Waals surface area contributed by atoms with Gasteiger partial charge in [-0.15, -0.1) is 0 Å². The molecular weight excluding hydrogens is 236 g/mol. The number of nitro groups is 1. The molecule has 0 atom stereocenters. The fourth-order valence-electron chi connectivity index (χ4n) is 2.00. The lowest BCUT2D eigenvalue weighted by Gasteiger charge is -2.15. The number of hydrogen-bond donors (Lipinski definition) is 0. The quantitative estimate of drug-likeness (QED) is 0.464. The highest BCUT2D eigenvalue weighted by Crippen LogP contribution is 2.30. The Morgan fingerprint density at radius 1 is 1.28 bits per heavy atom. The molecule has 1 aliphatic heterocycles. The second-order valence-electron chi connectivity index (χ2n) is 4.57. The van der Waals surface area contributed by atoms with E-state index in [0.717, 1.165) is 4.90 Å². The Morgan fingerprint density at radius 2 is 1.94 bits per heavy atom. The minimum absolute atomic E-state index is 0.0897. The van der Waals surface area contributed by atoms with Crippen molar-refractivity contribution in [2.45, 2.75) is 13.8 Å². The Morgan fingerprint density at radius 3 is 2.50 bits per heavy atom. The molecule has 0 N–H and O–H groups in total. The minimum atomic E-state index is -0.636. The number of nitro benzene ring substituents is 1. The number of benzene rings is 1. The zero-order valence-electron chi connectivity index (χ0n) is 10.0. The van der Waals surface area contributed by atoms with Crippen LogP contribution >= 0.6 is 0 Å². The zero-order valence-corrected chi connectivity index (χ0v) is 10.0. The molecule has 0 unspecified atom stereocenters. The van der Waals surface area contributed by atoms with Crippen LogP contribution < -0.4 is 0 Å².